The molecular weight excluding hydrogens is 589 g/mol. The third-order valence-corrected chi connectivity index (χ3v) is 7.24. The van der Waals surface area contributed by atoms with Crippen molar-refractivity contribution in [1.29, 1.82) is 0 Å². The highest BCUT2D eigenvalue weighted by Gasteiger charge is 2.22. The molecule has 0 unspecified atom stereocenters. The van der Waals surface area contributed by atoms with Crippen LogP contribution in [0.2, 0.25) is 0 Å². The molecule has 0 amide bonds. The first-order chi connectivity index (χ1) is 17.3. The van der Waals surface area contributed by atoms with Gasteiger partial charge in [-0.3, -0.25) is 0 Å². The summed E-state index contributed by atoms with van der Waals surface area (Å²) in [5.41, 5.74) is 2.81. The first kappa shape index (κ1) is 25.8. The lowest BCUT2D eigenvalue weighted by Crippen LogP contribution is -2.12. The lowest BCUT2D eigenvalue weighted by atomic mass is 10.2. The van der Waals surface area contributed by atoms with E-state index in [2.05, 4.69) is 27.9 Å². The second-order valence-electron chi connectivity index (χ2n) is 7.98. The molecule has 0 aliphatic rings. The van der Waals surface area contributed by atoms with Crippen molar-refractivity contribution in [3.63, 3.8) is 0 Å². The van der Waals surface area contributed by atoms with Crippen LogP contribution < -0.4 is 19.0 Å². The van der Waals surface area contributed by atoms with Gasteiger partial charge in [-0.2, -0.15) is 8.42 Å². The highest BCUT2D eigenvalue weighted by molar-refractivity contribution is 14.1. The van der Waals surface area contributed by atoms with Crippen LogP contribution in [0.25, 0.3) is 0 Å². The fraction of sp³-hybridized carbons (Fsp3) is 0.143. The molecule has 0 spiro atoms. The molecular formula is C28H26INO5S. The predicted molar refractivity (Wildman–Crippen MR) is 150 cm³/mol. The molecule has 0 saturated heterocycles. The molecule has 0 fully saturated rings. The molecule has 0 bridgehead atoms. The Balaban J connectivity index is 1.47. The maximum absolute atomic E-state index is 12.9. The Kier molecular flexibility index (Phi) is 8.37. The fourth-order valence-electron chi connectivity index (χ4n) is 3.40. The Morgan fingerprint density at radius 2 is 1.53 bits per heavy atom. The zero-order valence-corrected chi connectivity index (χ0v) is 22.9. The SMILES string of the molecule is CCOc1cc(CNc2ccc(Oc3ccccc3)cc2)cc(I)c1OS(=O)(=O)c1ccc(C)cc1. The Labute approximate surface area is 225 Å². The van der Waals surface area contributed by atoms with Gasteiger partial charge in [-0.1, -0.05) is 35.9 Å². The molecule has 4 rings (SSSR count). The first-order valence-electron chi connectivity index (χ1n) is 11.4. The topological polar surface area (TPSA) is 73.9 Å². The number of halogens is 1. The summed E-state index contributed by atoms with van der Waals surface area (Å²) >= 11 is 2.07. The molecule has 0 saturated carbocycles. The van der Waals surface area contributed by atoms with Gasteiger partial charge in [0.05, 0.1) is 10.2 Å². The van der Waals surface area contributed by atoms with E-state index in [1.807, 2.05) is 74.5 Å². The van der Waals surface area contributed by atoms with Crippen LogP contribution in [0.3, 0.4) is 0 Å². The van der Waals surface area contributed by atoms with Gasteiger partial charge in [0, 0.05) is 12.2 Å². The van der Waals surface area contributed by atoms with Gasteiger partial charge in [-0.05, 0) is 103 Å². The van der Waals surface area contributed by atoms with Crippen LogP contribution in [0, 0.1) is 10.5 Å². The minimum Gasteiger partial charge on any atom is -0.490 e. The number of anilines is 1. The van der Waals surface area contributed by atoms with E-state index in [9.17, 15) is 8.42 Å². The number of rotatable bonds is 10. The summed E-state index contributed by atoms with van der Waals surface area (Å²) in [5, 5.41) is 3.37. The van der Waals surface area contributed by atoms with Gasteiger partial charge in [0.2, 0.25) is 0 Å². The summed E-state index contributed by atoms with van der Waals surface area (Å²) in [6.45, 7) is 4.62. The van der Waals surface area contributed by atoms with E-state index in [-0.39, 0.29) is 10.6 Å². The molecule has 0 aliphatic heterocycles. The van der Waals surface area contributed by atoms with Crippen LogP contribution in [0.15, 0.2) is 95.9 Å². The van der Waals surface area contributed by atoms with E-state index < -0.39 is 10.1 Å². The van der Waals surface area contributed by atoms with Crippen LogP contribution in [-0.4, -0.2) is 15.0 Å². The van der Waals surface area contributed by atoms with Gasteiger partial charge in [-0.25, -0.2) is 0 Å². The average Bonchev–Trinajstić information content (AvgIpc) is 2.87. The number of nitrogens with one attached hydrogen (secondary N) is 1. The van der Waals surface area contributed by atoms with Crippen molar-refractivity contribution in [1.82, 2.24) is 0 Å². The molecule has 186 valence electrons. The maximum atomic E-state index is 12.9. The number of benzene rings is 4. The minimum absolute atomic E-state index is 0.0942. The van der Waals surface area contributed by atoms with Crippen molar-refractivity contribution in [2.24, 2.45) is 0 Å². The predicted octanol–water partition coefficient (Wildman–Crippen LogP) is 7.17. The van der Waals surface area contributed by atoms with Gasteiger partial charge < -0.3 is 19.0 Å². The summed E-state index contributed by atoms with van der Waals surface area (Å²) in [4.78, 5) is 0.0942. The maximum Gasteiger partial charge on any atom is 0.339 e. The van der Waals surface area contributed by atoms with E-state index in [0.29, 0.717) is 22.5 Å². The fourth-order valence-corrected chi connectivity index (χ4v) is 5.28. The van der Waals surface area contributed by atoms with Gasteiger partial charge in [0.25, 0.3) is 0 Å². The van der Waals surface area contributed by atoms with E-state index >= 15 is 0 Å². The Bertz CT molecular complexity index is 1410. The highest BCUT2D eigenvalue weighted by atomic mass is 127. The molecule has 8 heteroatoms. The number of aryl methyl sites for hydroxylation is 1. The zero-order valence-electron chi connectivity index (χ0n) is 19.9. The molecule has 6 nitrogen and oxygen atoms in total. The summed E-state index contributed by atoms with van der Waals surface area (Å²) in [5.74, 6) is 2.09. The summed E-state index contributed by atoms with van der Waals surface area (Å²) in [6.07, 6.45) is 0. The zero-order chi connectivity index (χ0) is 25.5. The lowest BCUT2D eigenvalue weighted by Gasteiger charge is -2.16. The van der Waals surface area contributed by atoms with E-state index in [4.69, 9.17) is 13.7 Å². The molecule has 4 aromatic rings. The van der Waals surface area contributed by atoms with Crippen molar-refractivity contribution < 1.29 is 22.1 Å². The first-order valence-corrected chi connectivity index (χ1v) is 13.9. The molecule has 0 heterocycles. The lowest BCUT2D eigenvalue weighted by molar-refractivity contribution is 0.326. The monoisotopic (exact) mass is 615 g/mol. The van der Waals surface area contributed by atoms with E-state index in [1.165, 1.54) is 12.1 Å². The molecule has 0 aromatic heterocycles. The largest absolute Gasteiger partial charge is 0.490 e. The van der Waals surface area contributed by atoms with Crippen LogP contribution in [0.1, 0.15) is 18.1 Å². The highest BCUT2D eigenvalue weighted by Crippen LogP contribution is 2.36. The van der Waals surface area contributed by atoms with E-state index in [1.54, 1.807) is 18.2 Å². The molecule has 4 aromatic carbocycles. The van der Waals surface area contributed by atoms with Crippen LogP contribution in [0.4, 0.5) is 5.69 Å². The molecule has 0 radical (unpaired) electrons. The Hall–Kier alpha value is -3.24. The van der Waals surface area contributed by atoms with Crippen molar-refractivity contribution in [2.75, 3.05) is 11.9 Å². The summed E-state index contributed by atoms with van der Waals surface area (Å²) in [7, 11) is -4.00. The van der Waals surface area contributed by atoms with E-state index in [0.717, 1.165) is 28.3 Å². The molecule has 36 heavy (non-hydrogen) atoms. The van der Waals surface area contributed by atoms with Crippen molar-refractivity contribution in [3.8, 4) is 23.0 Å². The van der Waals surface area contributed by atoms with Gasteiger partial charge in [0.15, 0.2) is 11.5 Å². The molecule has 0 aliphatic carbocycles. The number of hydrogen-bond acceptors (Lipinski definition) is 6. The summed E-state index contributed by atoms with van der Waals surface area (Å²) in [6, 6.07) is 27.5. The molecule has 1 N–H and O–H groups in total. The number of hydrogen-bond donors (Lipinski definition) is 1. The van der Waals surface area contributed by atoms with Crippen LogP contribution in [0.5, 0.6) is 23.0 Å². The second kappa shape index (κ2) is 11.7. The normalized spacial score (nSPS) is 11.1. The average molecular weight is 615 g/mol. The van der Waals surface area contributed by atoms with Crippen LogP contribution >= 0.6 is 22.6 Å². The van der Waals surface area contributed by atoms with Crippen molar-refractivity contribution in [2.45, 2.75) is 25.3 Å². The van der Waals surface area contributed by atoms with Gasteiger partial charge in [-0.15, -0.1) is 0 Å². The minimum atomic E-state index is -4.00. The standard InChI is InChI=1S/C28H26INO5S/c1-3-33-27-18-21(17-26(29)28(27)35-36(31,32)25-15-9-20(2)10-16-25)19-30-22-11-13-24(14-12-22)34-23-7-5-4-6-8-23/h4-18,30H,3,19H2,1-2H3. The third-order valence-electron chi connectivity index (χ3n) is 5.20. The second-order valence-corrected chi connectivity index (χ2v) is 10.7. The molecule has 0 atom stereocenters. The van der Waals surface area contributed by atoms with Crippen LogP contribution in [-0.2, 0) is 16.7 Å². The Morgan fingerprint density at radius 3 is 2.19 bits per heavy atom. The smallest absolute Gasteiger partial charge is 0.339 e. The number of ether oxygens (including phenoxy) is 2. The third kappa shape index (κ3) is 6.70. The Morgan fingerprint density at radius 1 is 0.861 bits per heavy atom. The quantitative estimate of drug-likeness (QED) is 0.151. The number of para-hydroxylation sites is 1. The van der Waals surface area contributed by atoms with Crippen molar-refractivity contribution in [3.05, 3.63) is 106 Å². The summed E-state index contributed by atoms with van der Waals surface area (Å²) < 4.78 is 43.5. The van der Waals surface area contributed by atoms with Gasteiger partial charge in [0.1, 0.15) is 16.4 Å². The van der Waals surface area contributed by atoms with Gasteiger partial charge >= 0.3 is 10.1 Å². The van der Waals surface area contributed by atoms with Crippen molar-refractivity contribution >= 4 is 38.4 Å².